The summed E-state index contributed by atoms with van der Waals surface area (Å²) in [6.07, 6.45) is 3.31. The second-order valence-electron chi connectivity index (χ2n) is 4.49. The van der Waals surface area contributed by atoms with E-state index in [0.29, 0.717) is 6.10 Å². The van der Waals surface area contributed by atoms with Crippen LogP contribution in [0.1, 0.15) is 19.8 Å². The van der Waals surface area contributed by atoms with Gasteiger partial charge in [0.2, 0.25) is 0 Å². The van der Waals surface area contributed by atoms with Crippen molar-refractivity contribution in [1.82, 2.24) is 10.2 Å². The first-order chi connectivity index (χ1) is 6.88. The molecule has 82 valence electrons. The van der Waals surface area contributed by atoms with Crippen LogP contribution in [-0.4, -0.2) is 50.3 Å². The molecule has 1 aliphatic carbocycles. The van der Waals surface area contributed by atoms with Crippen LogP contribution in [0.3, 0.4) is 0 Å². The molecule has 1 saturated heterocycles. The molecule has 2 fully saturated rings. The Kier molecular flexibility index (Phi) is 3.79. The van der Waals surface area contributed by atoms with E-state index in [1.54, 1.807) is 0 Å². The fourth-order valence-corrected chi connectivity index (χ4v) is 2.02. The Hall–Kier alpha value is -0.120. The second-order valence-corrected chi connectivity index (χ2v) is 4.49. The van der Waals surface area contributed by atoms with Gasteiger partial charge in [-0.1, -0.05) is 6.92 Å². The molecule has 0 aromatic heterocycles. The van der Waals surface area contributed by atoms with Gasteiger partial charge in [0.25, 0.3) is 0 Å². The van der Waals surface area contributed by atoms with E-state index in [2.05, 4.69) is 17.1 Å². The predicted molar refractivity (Wildman–Crippen MR) is 57.4 cm³/mol. The highest BCUT2D eigenvalue weighted by atomic mass is 16.5. The zero-order chi connectivity index (χ0) is 9.80. The van der Waals surface area contributed by atoms with Crippen molar-refractivity contribution in [1.29, 1.82) is 0 Å². The van der Waals surface area contributed by atoms with Crippen LogP contribution in [-0.2, 0) is 4.74 Å². The van der Waals surface area contributed by atoms with E-state index < -0.39 is 0 Å². The molecule has 14 heavy (non-hydrogen) atoms. The van der Waals surface area contributed by atoms with Gasteiger partial charge in [-0.3, -0.25) is 0 Å². The number of hydrogen-bond acceptors (Lipinski definition) is 3. The van der Waals surface area contributed by atoms with E-state index in [9.17, 15) is 0 Å². The van der Waals surface area contributed by atoms with Gasteiger partial charge in [-0.2, -0.15) is 0 Å². The number of morpholine rings is 1. The summed E-state index contributed by atoms with van der Waals surface area (Å²) in [6, 6.07) is 0. The lowest BCUT2D eigenvalue weighted by Crippen LogP contribution is -2.45. The maximum atomic E-state index is 5.71. The predicted octanol–water partition coefficient (Wildman–Crippen LogP) is 0.707. The topological polar surface area (TPSA) is 24.5 Å². The lowest BCUT2D eigenvalue weighted by Gasteiger charge is -2.29. The molecule has 3 nitrogen and oxygen atoms in total. The summed E-state index contributed by atoms with van der Waals surface area (Å²) in [5, 5.41) is 3.38. The van der Waals surface area contributed by atoms with Crippen LogP contribution in [0, 0.1) is 5.92 Å². The molecule has 2 rings (SSSR count). The van der Waals surface area contributed by atoms with Gasteiger partial charge in [-0.15, -0.1) is 0 Å². The Morgan fingerprint density at radius 3 is 2.79 bits per heavy atom. The van der Waals surface area contributed by atoms with Gasteiger partial charge in [0.1, 0.15) is 0 Å². The third-order valence-corrected chi connectivity index (χ3v) is 3.13. The summed E-state index contributed by atoms with van der Waals surface area (Å²) in [6.45, 7) is 8.74. The lowest BCUT2D eigenvalue weighted by atomic mass is 10.2. The van der Waals surface area contributed by atoms with Crippen molar-refractivity contribution in [2.45, 2.75) is 25.9 Å². The molecule has 0 aromatic rings. The lowest BCUT2D eigenvalue weighted by molar-refractivity contribution is 0.00566. The summed E-state index contributed by atoms with van der Waals surface area (Å²) >= 11 is 0. The number of hydrogen-bond donors (Lipinski definition) is 1. The molecule has 1 atom stereocenters. The number of nitrogens with zero attached hydrogens (tertiary/aromatic N) is 1. The monoisotopic (exact) mass is 198 g/mol. The van der Waals surface area contributed by atoms with Crippen LogP contribution in [0.2, 0.25) is 0 Å². The molecule has 1 heterocycles. The van der Waals surface area contributed by atoms with E-state index >= 15 is 0 Å². The SMILES string of the molecule is CCN(CC1CC1)CC1CNCCO1. The second kappa shape index (κ2) is 5.10. The standard InChI is InChI=1S/C11H22N2O/c1-2-13(8-10-3-4-10)9-11-7-12-5-6-14-11/h10-12H,2-9H2,1H3. The number of ether oxygens (including phenoxy) is 1. The van der Waals surface area contributed by atoms with E-state index in [4.69, 9.17) is 4.74 Å². The minimum atomic E-state index is 0.419. The fourth-order valence-electron chi connectivity index (χ4n) is 2.02. The summed E-state index contributed by atoms with van der Waals surface area (Å²) in [5.74, 6) is 0.992. The van der Waals surface area contributed by atoms with Gasteiger partial charge in [0.05, 0.1) is 12.7 Å². The minimum absolute atomic E-state index is 0.419. The Morgan fingerprint density at radius 1 is 1.36 bits per heavy atom. The number of rotatable bonds is 5. The first-order valence-electron chi connectivity index (χ1n) is 5.93. The van der Waals surface area contributed by atoms with Gasteiger partial charge in [-0.05, 0) is 25.3 Å². The molecular formula is C11H22N2O. The minimum Gasteiger partial charge on any atom is -0.374 e. The van der Waals surface area contributed by atoms with Gasteiger partial charge in [0, 0.05) is 26.2 Å². The average molecular weight is 198 g/mol. The number of nitrogens with one attached hydrogen (secondary N) is 1. The van der Waals surface area contributed by atoms with Crippen molar-refractivity contribution in [2.24, 2.45) is 5.92 Å². The van der Waals surface area contributed by atoms with E-state index in [-0.39, 0.29) is 0 Å². The van der Waals surface area contributed by atoms with E-state index in [1.165, 1.54) is 19.4 Å². The summed E-state index contributed by atoms with van der Waals surface area (Å²) in [5.41, 5.74) is 0. The molecule has 0 aromatic carbocycles. The Labute approximate surface area is 86.8 Å². The molecule has 0 radical (unpaired) electrons. The maximum Gasteiger partial charge on any atom is 0.0826 e. The van der Waals surface area contributed by atoms with Crippen molar-refractivity contribution in [3.8, 4) is 0 Å². The molecule has 1 aliphatic heterocycles. The highest BCUT2D eigenvalue weighted by molar-refractivity contribution is 4.79. The van der Waals surface area contributed by atoms with Crippen LogP contribution >= 0.6 is 0 Å². The molecular weight excluding hydrogens is 176 g/mol. The van der Waals surface area contributed by atoms with Crippen molar-refractivity contribution >= 4 is 0 Å². The first kappa shape index (κ1) is 10.4. The van der Waals surface area contributed by atoms with Crippen LogP contribution in [0.25, 0.3) is 0 Å². The molecule has 1 saturated carbocycles. The first-order valence-corrected chi connectivity index (χ1v) is 5.93. The Morgan fingerprint density at radius 2 is 2.21 bits per heavy atom. The summed E-state index contributed by atoms with van der Waals surface area (Å²) in [4.78, 5) is 2.54. The fraction of sp³-hybridized carbons (Fsp3) is 1.00. The molecule has 3 heteroatoms. The third kappa shape index (κ3) is 3.23. The molecule has 1 N–H and O–H groups in total. The highest BCUT2D eigenvalue weighted by Crippen LogP contribution is 2.29. The number of likely N-dealkylation sites (N-methyl/N-ethyl adjacent to an activating group) is 1. The summed E-state index contributed by atoms with van der Waals surface area (Å²) in [7, 11) is 0. The largest absolute Gasteiger partial charge is 0.374 e. The van der Waals surface area contributed by atoms with Gasteiger partial charge >= 0.3 is 0 Å². The molecule has 0 amide bonds. The van der Waals surface area contributed by atoms with Crippen molar-refractivity contribution in [3.63, 3.8) is 0 Å². The van der Waals surface area contributed by atoms with Crippen LogP contribution in [0.4, 0.5) is 0 Å². The smallest absolute Gasteiger partial charge is 0.0826 e. The highest BCUT2D eigenvalue weighted by Gasteiger charge is 2.25. The quantitative estimate of drug-likeness (QED) is 0.704. The Bertz CT molecular complexity index is 165. The zero-order valence-electron chi connectivity index (χ0n) is 9.17. The van der Waals surface area contributed by atoms with Crippen molar-refractivity contribution < 1.29 is 4.74 Å². The summed E-state index contributed by atoms with van der Waals surface area (Å²) < 4.78 is 5.71. The maximum absolute atomic E-state index is 5.71. The molecule has 0 spiro atoms. The Balaban J connectivity index is 1.68. The van der Waals surface area contributed by atoms with E-state index in [0.717, 1.165) is 38.7 Å². The molecule has 0 bridgehead atoms. The molecule has 2 aliphatic rings. The average Bonchev–Trinajstić information content (AvgIpc) is 3.02. The van der Waals surface area contributed by atoms with Crippen LogP contribution in [0.5, 0.6) is 0 Å². The van der Waals surface area contributed by atoms with Crippen LogP contribution < -0.4 is 5.32 Å². The van der Waals surface area contributed by atoms with Crippen molar-refractivity contribution in [2.75, 3.05) is 39.3 Å². The normalized spacial score (nSPS) is 28.3. The van der Waals surface area contributed by atoms with Gasteiger partial charge < -0.3 is 15.0 Å². The van der Waals surface area contributed by atoms with Crippen molar-refractivity contribution in [3.05, 3.63) is 0 Å². The zero-order valence-corrected chi connectivity index (χ0v) is 9.17. The third-order valence-electron chi connectivity index (χ3n) is 3.13. The van der Waals surface area contributed by atoms with Gasteiger partial charge in [0.15, 0.2) is 0 Å². The molecule has 1 unspecified atom stereocenters. The van der Waals surface area contributed by atoms with Gasteiger partial charge in [-0.25, -0.2) is 0 Å². The van der Waals surface area contributed by atoms with E-state index in [1.807, 2.05) is 0 Å². The van der Waals surface area contributed by atoms with Crippen LogP contribution in [0.15, 0.2) is 0 Å².